The van der Waals surface area contributed by atoms with Gasteiger partial charge in [-0.05, 0) is 96.4 Å². The quantitative estimate of drug-likeness (QED) is 0.0398. The highest BCUT2D eigenvalue weighted by Gasteiger charge is 2.55. The molecule has 7 nitrogen and oxygen atoms in total. The lowest BCUT2D eigenvalue weighted by Gasteiger charge is -2.32. The summed E-state index contributed by atoms with van der Waals surface area (Å²) >= 11 is 0. The fourth-order valence-electron chi connectivity index (χ4n) is 12.5. The van der Waals surface area contributed by atoms with Gasteiger partial charge in [0.15, 0.2) is 6.29 Å². The Balaban J connectivity index is 1.84. The number of aliphatic hydroxyl groups is 1. The molecule has 7 heteroatoms. The topological polar surface area (TPSA) is 76.8 Å². The van der Waals surface area contributed by atoms with Gasteiger partial charge in [0.2, 0.25) is 0 Å². The number of aryl methyl sites for hydroxylation is 2. The summed E-state index contributed by atoms with van der Waals surface area (Å²) in [4.78, 5) is 20.5. The number of carbonyl (C=O) groups excluding carboxylic acids is 1. The average Bonchev–Trinajstić information content (AvgIpc) is 3.91. The Morgan fingerprint density at radius 3 is 1.46 bits per heavy atom. The summed E-state index contributed by atoms with van der Waals surface area (Å²) in [7, 11) is 0. The van der Waals surface area contributed by atoms with Crippen molar-refractivity contribution in [2.24, 2.45) is 11.3 Å². The Morgan fingerprint density at radius 1 is 0.553 bits per heavy atom. The second-order valence-electron chi connectivity index (χ2n) is 25.1. The van der Waals surface area contributed by atoms with Gasteiger partial charge in [0.05, 0.1) is 18.6 Å². The first-order valence-corrected chi connectivity index (χ1v) is 34.5. The third kappa shape index (κ3) is 39.0. The summed E-state index contributed by atoms with van der Waals surface area (Å²) < 4.78 is 14.6. The van der Waals surface area contributed by atoms with Gasteiger partial charge in [0, 0.05) is 37.2 Å². The van der Waals surface area contributed by atoms with E-state index in [4.69, 9.17) is 9.47 Å². The zero-order valence-electron chi connectivity index (χ0n) is 52.2. The van der Waals surface area contributed by atoms with Crippen LogP contribution < -0.4 is 0 Å². The molecular weight excluding hydrogens is 935 g/mol. The zero-order valence-corrected chi connectivity index (χ0v) is 52.2. The molecule has 0 radical (unpaired) electrons. The third-order valence-electron chi connectivity index (χ3n) is 17.7. The normalized spacial score (nSPS) is 16.7. The van der Waals surface area contributed by atoms with E-state index in [0.717, 1.165) is 50.9 Å². The van der Waals surface area contributed by atoms with Crippen LogP contribution in [0.1, 0.15) is 361 Å². The van der Waals surface area contributed by atoms with E-state index in [9.17, 15) is 9.90 Å². The van der Waals surface area contributed by atoms with Crippen molar-refractivity contribution in [3.63, 3.8) is 0 Å². The molecule has 1 aromatic heterocycles. The Hall–Kier alpha value is -1.44. The molecule has 1 aliphatic rings. The van der Waals surface area contributed by atoms with Gasteiger partial charge in [0.25, 0.3) is 0 Å². The lowest BCUT2D eigenvalue weighted by atomic mass is 9.91. The number of hydrogen-bond donors (Lipinski definition) is 1. The number of rotatable bonds is 60. The van der Waals surface area contributed by atoms with Gasteiger partial charge in [-0.3, -0.25) is 4.79 Å². The van der Waals surface area contributed by atoms with Crippen LogP contribution in [0.4, 0.5) is 0 Å². The molecule has 1 aromatic rings. The van der Waals surface area contributed by atoms with Crippen molar-refractivity contribution in [2.75, 3.05) is 19.7 Å². The molecule has 1 saturated carbocycles. The maximum Gasteiger partial charge on any atom is 0.306 e. The molecule has 0 aliphatic heterocycles. The molecule has 0 saturated heterocycles. The van der Waals surface area contributed by atoms with Crippen LogP contribution in [-0.4, -0.2) is 63.7 Å². The van der Waals surface area contributed by atoms with Crippen molar-refractivity contribution < 1.29 is 19.4 Å². The Kier molecular flexibility index (Phi) is 47.0. The number of aromatic nitrogens is 2. The van der Waals surface area contributed by atoms with Crippen molar-refractivity contribution >= 4 is 5.97 Å². The first-order valence-electron chi connectivity index (χ1n) is 34.5. The summed E-state index contributed by atoms with van der Waals surface area (Å²) in [6.45, 7) is 17.8. The van der Waals surface area contributed by atoms with Crippen LogP contribution in [0.3, 0.4) is 0 Å². The number of nitrogens with zero attached hydrogens (tertiary/aromatic N) is 3. The molecule has 0 spiro atoms. The molecule has 0 bridgehead atoms. The number of aliphatic hydroxyl groups excluding tert-OH is 1. The molecule has 2 rings (SSSR count). The molecule has 5 atom stereocenters. The van der Waals surface area contributed by atoms with E-state index >= 15 is 0 Å². The zero-order chi connectivity index (χ0) is 54.8. The van der Waals surface area contributed by atoms with Crippen LogP contribution in [0, 0.1) is 18.3 Å². The number of carbonyl (C=O) groups is 1. The van der Waals surface area contributed by atoms with Gasteiger partial charge < -0.3 is 24.0 Å². The predicted molar refractivity (Wildman–Crippen MR) is 329 cm³/mol. The van der Waals surface area contributed by atoms with Gasteiger partial charge in [-0.2, -0.15) is 0 Å². The first kappa shape index (κ1) is 70.7. The van der Waals surface area contributed by atoms with Crippen molar-refractivity contribution in [1.82, 2.24) is 14.5 Å². The van der Waals surface area contributed by atoms with Crippen molar-refractivity contribution in [3.8, 4) is 0 Å². The molecule has 448 valence electrons. The smallest absolute Gasteiger partial charge is 0.306 e. The van der Waals surface area contributed by atoms with Gasteiger partial charge in [-0.1, -0.05) is 272 Å². The fourth-order valence-corrected chi connectivity index (χ4v) is 12.5. The Bertz CT molecular complexity index is 1390. The second-order valence-corrected chi connectivity index (χ2v) is 25.1. The first-order chi connectivity index (χ1) is 37.3. The molecule has 0 amide bonds. The van der Waals surface area contributed by atoms with Gasteiger partial charge in [-0.15, -0.1) is 0 Å². The highest BCUT2D eigenvalue weighted by molar-refractivity contribution is 5.69. The second kappa shape index (κ2) is 50.5. The molecule has 5 unspecified atom stereocenters. The molecule has 1 fully saturated rings. The Morgan fingerprint density at radius 2 is 0.961 bits per heavy atom. The van der Waals surface area contributed by atoms with E-state index in [-0.39, 0.29) is 12.1 Å². The monoisotopic (exact) mass is 1070 g/mol. The van der Waals surface area contributed by atoms with E-state index in [1.54, 1.807) is 0 Å². The largest absolute Gasteiger partial charge is 0.462 e. The van der Waals surface area contributed by atoms with Crippen LogP contribution in [-0.2, 0) is 20.8 Å². The number of ether oxygens (including phenoxy) is 2. The molecule has 0 aromatic carbocycles. The maximum absolute atomic E-state index is 13.1. The summed E-state index contributed by atoms with van der Waals surface area (Å²) in [6, 6.07) is 0.662. The minimum absolute atomic E-state index is 0.0698. The summed E-state index contributed by atoms with van der Waals surface area (Å²) in [5.74, 6) is 0.672. The van der Waals surface area contributed by atoms with Crippen LogP contribution in [0.2, 0.25) is 0 Å². The van der Waals surface area contributed by atoms with Gasteiger partial charge in [-0.25, -0.2) is 4.98 Å². The fraction of sp³-hybridized carbons (Fsp3) is 0.942. The predicted octanol–water partition coefficient (Wildman–Crippen LogP) is 21.3. The van der Waals surface area contributed by atoms with E-state index in [2.05, 4.69) is 62.2 Å². The molecule has 76 heavy (non-hydrogen) atoms. The van der Waals surface area contributed by atoms with E-state index in [1.807, 2.05) is 6.33 Å². The lowest BCUT2D eigenvalue weighted by Crippen LogP contribution is -2.37. The van der Waals surface area contributed by atoms with Crippen LogP contribution in [0.25, 0.3) is 0 Å². The number of hydrogen-bond acceptors (Lipinski definition) is 6. The minimum atomic E-state index is -0.602. The van der Waals surface area contributed by atoms with Crippen molar-refractivity contribution in [3.05, 3.63) is 18.2 Å². The molecule has 1 heterocycles. The number of esters is 1. The van der Waals surface area contributed by atoms with Crippen LogP contribution >= 0.6 is 0 Å². The highest BCUT2D eigenvalue weighted by atomic mass is 16.6. The molecule has 1 N–H and O–H groups in total. The highest BCUT2D eigenvalue weighted by Crippen LogP contribution is 2.56. The summed E-state index contributed by atoms with van der Waals surface area (Å²) in [5.41, 5.74) is 1.40. The van der Waals surface area contributed by atoms with E-state index in [0.29, 0.717) is 23.8 Å². The third-order valence-corrected chi connectivity index (χ3v) is 17.7. The van der Waals surface area contributed by atoms with Crippen LogP contribution in [0.15, 0.2) is 12.5 Å². The molecule has 1 aliphatic carbocycles. The minimum Gasteiger partial charge on any atom is -0.462 e. The number of imidazole rings is 1. The van der Waals surface area contributed by atoms with E-state index < -0.39 is 6.29 Å². The molecular formula is C69H133N3O4. The van der Waals surface area contributed by atoms with E-state index in [1.165, 1.54) is 296 Å². The number of unbranched alkanes of at least 4 members (excludes halogenated alkanes) is 33. The van der Waals surface area contributed by atoms with Gasteiger partial charge in [0.1, 0.15) is 6.10 Å². The average molecular weight is 1070 g/mol. The standard InChI is InChI=1S/C69H133N3O4/c1-7-12-17-22-25-30-37-46-57-72(58-47-56-71-60-63(6)70-62-71)65(50-40-32-26-28-34-42-52-67(73)75-61-64(48-38-20-15-10-4)49-39-31-23-18-13-8-2)51-41-33-27-29-35-43-53-68(74)76-66-59-69(66,54-44-21-16-11-5)55-45-36-24-19-14-9-3/h60,62,64-67,73H,7-59,61H2,1-6H3. The summed E-state index contributed by atoms with van der Waals surface area (Å²) in [5, 5.41) is 10.8. The Labute approximate surface area is 474 Å². The van der Waals surface area contributed by atoms with Crippen molar-refractivity contribution in [2.45, 2.75) is 388 Å². The maximum atomic E-state index is 13.1. The SMILES string of the molecule is CCCCCCCCCCN(CCCn1cnc(C)c1)C(CCCCCCCCC(=O)OC1CC1(CCCCCC)CCCCCCCC)CCCCCCCCC(O)OCC(CCCCCC)CCCCCCCC. The van der Waals surface area contributed by atoms with Crippen LogP contribution in [0.5, 0.6) is 0 Å². The van der Waals surface area contributed by atoms with Crippen molar-refractivity contribution in [1.29, 1.82) is 0 Å². The lowest BCUT2D eigenvalue weighted by molar-refractivity contribution is -0.146. The summed E-state index contributed by atoms with van der Waals surface area (Å²) in [6.07, 6.45) is 67.4. The van der Waals surface area contributed by atoms with Gasteiger partial charge >= 0.3 is 5.97 Å².